The lowest BCUT2D eigenvalue weighted by Gasteiger charge is -2.20. The third-order valence-electron chi connectivity index (χ3n) is 4.31. The summed E-state index contributed by atoms with van der Waals surface area (Å²) in [5.41, 5.74) is 4.05. The predicted octanol–water partition coefficient (Wildman–Crippen LogP) is 4.89. The Labute approximate surface area is 157 Å². The Bertz CT molecular complexity index is 948. The molecule has 0 saturated heterocycles. The van der Waals surface area contributed by atoms with Gasteiger partial charge in [0, 0.05) is 12.7 Å². The maximum absolute atomic E-state index is 12.8. The molecule has 0 fully saturated rings. The number of amides is 2. The van der Waals surface area contributed by atoms with E-state index in [1.165, 1.54) is 21.8 Å². The van der Waals surface area contributed by atoms with Crippen LogP contribution in [0, 0.1) is 13.8 Å². The lowest BCUT2D eigenvalue weighted by molar-refractivity contribution is 0.0996. The van der Waals surface area contributed by atoms with Crippen molar-refractivity contribution in [2.75, 3.05) is 17.3 Å². The van der Waals surface area contributed by atoms with Crippen molar-refractivity contribution >= 4 is 34.5 Å². The summed E-state index contributed by atoms with van der Waals surface area (Å²) in [5, 5.41) is 4.78. The van der Waals surface area contributed by atoms with Crippen LogP contribution in [0.1, 0.15) is 31.2 Å². The molecule has 0 spiro atoms. The second-order valence-corrected chi connectivity index (χ2v) is 7.06. The lowest BCUT2D eigenvalue weighted by Crippen LogP contribution is -2.28. The summed E-state index contributed by atoms with van der Waals surface area (Å²) in [4.78, 5) is 27.6. The minimum absolute atomic E-state index is 0.133. The SMILES string of the molecule is Cc1ccc(NC(=O)c2ccccc2N(C)C(=O)c2cccs2)cc1C. The number of nitrogens with zero attached hydrogens (tertiary/aromatic N) is 1. The topological polar surface area (TPSA) is 49.4 Å². The lowest BCUT2D eigenvalue weighted by atomic mass is 10.1. The van der Waals surface area contributed by atoms with E-state index in [-0.39, 0.29) is 11.8 Å². The molecule has 0 aliphatic carbocycles. The molecule has 26 heavy (non-hydrogen) atoms. The molecule has 5 heteroatoms. The first-order chi connectivity index (χ1) is 12.5. The highest BCUT2D eigenvalue weighted by Gasteiger charge is 2.20. The van der Waals surface area contributed by atoms with Gasteiger partial charge in [-0.05, 0) is 60.7 Å². The van der Waals surface area contributed by atoms with Gasteiger partial charge in [-0.3, -0.25) is 9.59 Å². The van der Waals surface area contributed by atoms with Crippen LogP contribution in [0.3, 0.4) is 0 Å². The zero-order chi connectivity index (χ0) is 18.7. The molecule has 1 N–H and O–H groups in total. The van der Waals surface area contributed by atoms with Crippen molar-refractivity contribution in [2.45, 2.75) is 13.8 Å². The molecule has 0 radical (unpaired) electrons. The minimum atomic E-state index is -0.241. The Morgan fingerprint density at radius 1 is 0.962 bits per heavy atom. The van der Waals surface area contributed by atoms with Gasteiger partial charge in [-0.15, -0.1) is 11.3 Å². The number of para-hydroxylation sites is 1. The van der Waals surface area contributed by atoms with Crippen molar-refractivity contribution in [3.05, 3.63) is 81.5 Å². The number of anilines is 2. The Morgan fingerprint density at radius 2 is 1.73 bits per heavy atom. The summed E-state index contributed by atoms with van der Waals surface area (Å²) in [5.74, 6) is -0.374. The average Bonchev–Trinajstić information content (AvgIpc) is 3.18. The number of benzene rings is 2. The van der Waals surface area contributed by atoms with E-state index >= 15 is 0 Å². The van der Waals surface area contributed by atoms with Gasteiger partial charge in [0.2, 0.25) is 0 Å². The van der Waals surface area contributed by atoms with Crippen molar-refractivity contribution in [3.8, 4) is 0 Å². The number of thiophene rings is 1. The van der Waals surface area contributed by atoms with E-state index in [0.29, 0.717) is 16.1 Å². The van der Waals surface area contributed by atoms with Crippen LogP contribution in [-0.4, -0.2) is 18.9 Å². The van der Waals surface area contributed by atoms with Gasteiger partial charge in [-0.1, -0.05) is 24.3 Å². The van der Waals surface area contributed by atoms with Crippen molar-refractivity contribution in [3.63, 3.8) is 0 Å². The number of aryl methyl sites for hydroxylation is 2. The van der Waals surface area contributed by atoms with Crippen LogP contribution < -0.4 is 10.2 Å². The minimum Gasteiger partial charge on any atom is -0.322 e. The molecular formula is C21H20N2O2S. The first-order valence-electron chi connectivity index (χ1n) is 8.26. The Kier molecular flexibility index (Phi) is 5.19. The van der Waals surface area contributed by atoms with Crippen LogP contribution in [0.2, 0.25) is 0 Å². The summed E-state index contributed by atoms with van der Waals surface area (Å²) < 4.78 is 0. The molecular weight excluding hydrogens is 344 g/mol. The normalized spacial score (nSPS) is 10.4. The van der Waals surface area contributed by atoms with E-state index in [9.17, 15) is 9.59 Å². The molecule has 0 aliphatic rings. The van der Waals surface area contributed by atoms with Crippen molar-refractivity contribution in [1.29, 1.82) is 0 Å². The fourth-order valence-electron chi connectivity index (χ4n) is 2.65. The number of carbonyl (C=O) groups is 2. The summed E-state index contributed by atoms with van der Waals surface area (Å²) >= 11 is 1.38. The molecule has 2 aromatic carbocycles. The molecule has 0 saturated carbocycles. The maximum Gasteiger partial charge on any atom is 0.268 e. The highest BCUT2D eigenvalue weighted by Crippen LogP contribution is 2.24. The first kappa shape index (κ1) is 17.9. The van der Waals surface area contributed by atoms with Gasteiger partial charge in [0.05, 0.1) is 16.1 Å². The molecule has 0 atom stereocenters. The molecule has 1 heterocycles. The first-order valence-corrected chi connectivity index (χ1v) is 9.14. The van der Waals surface area contributed by atoms with Crippen molar-refractivity contribution in [2.24, 2.45) is 0 Å². The molecule has 0 bridgehead atoms. The van der Waals surface area contributed by atoms with Gasteiger partial charge in [-0.2, -0.15) is 0 Å². The summed E-state index contributed by atoms with van der Waals surface area (Å²) in [6, 6.07) is 16.5. The standard InChI is InChI=1S/C21H20N2O2S/c1-14-10-11-16(13-15(14)2)22-20(24)17-7-4-5-8-18(17)23(3)21(25)19-9-6-12-26-19/h4-13H,1-3H3,(H,22,24). The van der Waals surface area contributed by atoms with Crippen LogP contribution >= 0.6 is 11.3 Å². The Balaban J connectivity index is 1.87. The van der Waals surface area contributed by atoms with Gasteiger partial charge < -0.3 is 10.2 Å². The molecule has 1 aromatic heterocycles. The summed E-state index contributed by atoms with van der Waals surface area (Å²) in [6.07, 6.45) is 0. The Hall–Kier alpha value is -2.92. The van der Waals surface area contributed by atoms with Gasteiger partial charge >= 0.3 is 0 Å². The summed E-state index contributed by atoms with van der Waals surface area (Å²) in [7, 11) is 1.68. The molecule has 4 nitrogen and oxygen atoms in total. The summed E-state index contributed by atoms with van der Waals surface area (Å²) in [6.45, 7) is 4.04. The number of rotatable bonds is 4. The zero-order valence-electron chi connectivity index (χ0n) is 14.9. The predicted molar refractivity (Wildman–Crippen MR) is 107 cm³/mol. The van der Waals surface area contributed by atoms with Gasteiger partial charge in [0.15, 0.2) is 0 Å². The number of hydrogen-bond donors (Lipinski definition) is 1. The zero-order valence-corrected chi connectivity index (χ0v) is 15.8. The van der Waals surface area contributed by atoms with E-state index in [1.54, 1.807) is 31.3 Å². The molecule has 3 rings (SSSR count). The fraction of sp³-hybridized carbons (Fsp3) is 0.143. The van der Waals surface area contributed by atoms with E-state index in [4.69, 9.17) is 0 Å². The van der Waals surface area contributed by atoms with Crippen LogP contribution in [0.4, 0.5) is 11.4 Å². The van der Waals surface area contributed by atoms with Gasteiger partial charge in [-0.25, -0.2) is 0 Å². The van der Waals surface area contributed by atoms with Crippen LogP contribution in [0.15, 0.2) is 60.0 Å². The third kappa shape index (κ3) is 3.68. The average molecular weight is 364 g/mol. The second kappa shape index (κ2) is 7.54. The van der Waals surface area contributed by atoms with Crippen LogP contribution in [0.25, 0.3) is 0 Å². The second-order valence-electron chi connectivity index (χ2n) is 6.11. The largest absolute Gasteiger partial charge is 0.322 e. The van der Waals surface area contributed by atoms with Crippen LogP contribution in [0.5, 0.6) is 0 Å². The van der Waals surface area contributed by atoms with E-state index in [2.05, 4.69) is 5.32 Å². The monoisotopic (exact) mass is 364 g/mol. The molecule has 2 amide bonds. The number of carbonyl (C=O) groups excluding carboxylic acids is 2. The molecule has 0 unspecified atom stereocenters. The quantitative estimate of drug-likeness (QED) is 0.716. The number of hydrogen-bond acceptors (Lipinski definition) is 3. The van der Waals surface area contributed by atoms with Gasteiger partial charge in [0.1, 0.15) is 0 Å². The molecule has 3 aromatic rings. The highest BCUT2D eigenvalue weighted by atomic mass is 32.1. The maximum atomic E-state index is 12.8. The van der Waals surface area contributed by atoms with Crippen molar-refractivity contribution in [1.82, 2.24) is 0 Å². The molecule has 0 aliphatic heterocycles. The Morgan fingerprint density at radius 3 is 2.42 bits per heavy atom. The van der Waals surface area contributed by atoms with E-state index in [1.807, 2.05) is 49.6 Å². The van der Waals surface area contributed by atoms with Crippen LogP contribution in [-0.2, 0) is 0 Å². The fourth-order valence-corrected chi connectivity index (χ4v) is 3.35. The number of nitrogens with one attached hydrogen (secondary N) is 1. The van der Waals surface area contributed by atoms with E-state index in [0.717, 1.165) is 11.3 Å². The third-order valence-corrected chi connectivity index (χ3v) is 5.17. The highest BCUT2D eigenvalue weighted by molar-refractivity contribution is 7.12. The smallest absolute Gasteiger partial charge is 0.268 e. The van der Waals surface area contributed by atoms with E-state index < -0.39 is 0 Å². The van der Waals surface area contributed by atoms with Gasteiger partial charge in [0.25, 0.3) is 11.8 Å². The molecule has 132 valence electrons. The van der Waals surface area contributed by atoms with Crippen molar-refractivity contribution < 1.29 is 9.59 Å².